The minimum absolute atomic E-state index is 0.131. The molecule has 45 heavy (non-hydrogen) atoms. The average Bonchev–Trinajstić information content (AvgIpc) is 3.07. The first-order chi connectivity index (χ1) is 21.7. The first-order valence-corrected chi connectivity index (χ1v) is 15.8. The number of pyridine rings is 1. The molecule has 0 spiro atoms. The number of ether oxygens (including phenoxy) is 1. The molecule has 5 rings (SSSR count). The number of piperidine rings is 2. The summed E-state index contributed by atoms with van der Waals surface area (Å²) in [5.74, 6) is -0.0627. The van der Waals surface area contributed by atoms with E-state index in [2.05, 4.69) is 27.4 Å². The monoisotopic (exact) mass is 618 g/mol. The Balaban J connectivity index is 0.000000440. The summed E-state index contributed by atoms with van der Waals surface area (Å²) in [5.41, 5.74) is 9.50. The van der Waals surface area contributed by atoms with Crippen LogP contribution in [0.4, 0.5) is 0 Å². The highest BCUT2D eigenvalue weighted by Crippen LogP contribution is 2.31. The predicted molar refractivity (Wildman–Crippen MR) is 173 cm³/mol. The van der Waals surface area contributed by atoms with Crippen LogP contribution in [0.5, 0.6) is 5.75 Å². The van der Waals surface area contributed by atoms with Crippen LogP contribution in [0.1, 0.15) is 60.6 Å². The highest BCUT2D eigenvalue weighted by atomic mass is 16.5. The van der Waals surface area contributed by atoms with Gasteiger partial charge in [0.15, 0.2) is 0 Å². The third-order valence-electron chi connectivity index (χ3n) is 8.71. The van der Waals surface area contributed by atoms with Crippen molar-refractivity contribution in [1.29, 1.82) is 0 Å². The van der Waals surface area contributed by atoms with Crippen molar-refractivity contribution in [1.82, 2.24) is 26.0 Å². The van der Waals surface area contributed by atoms with Crippen molar-refractivity contribution < 1.29 is 24.3 Å². The molecular formula is C34H46N6O5. The van der Waals surface area contributed by atoms with E-state index in [0.717, 1.165) is 74.1 Å². The number of likely N-dealkylation sites (tertiary alicyclic amines) is 1. The van der Waals surface area contributed by atoms with Gasteiger partial charge in [0.2, 0.25) is 5.91 Å². The molecule has 6 N–H and O–H groups in total. The molecule has 0 aliphatic carbocycles. The first-order valence-electron chi connectivity index (χ1n) is 15.8. The zero-order chi connectivity index (χ0) is 32.2. The van der Waals surface area contributed by atoms with Gasteiger partial charge in [0.1, 0.15) is 12.4 Å². The maximum Gasteiger partial charge on any atom is 0.251 e. The standard InChI is InChI=1S/C28H34N4O4.C6H12N2O/c1-3-14-32-15-12-28(13-16-32,27(34)31-35)19-29-26(33)21-8-10-23(11-9-21)36-18-22-17-20(2)30-25-7-5-4-6-24(22)25;7-6(9)5-1-3-8-4-2-5/h4-11,17,35H,3,12-16,18-19H2,1-2H3,(H,29,33)(H,31,34);5,8H,1-4H2,(H2,7,9). The molecule has 2 aliphatic heterocycles. The lowest BCUT2D eigenvalue weighted by molar-refractivity contribution is -0.142. The van der Waals surface area contributed by atoms with E-state index in [4.69, 9.17) is 10.5 Å². The second-order valence-electron chi connectivity index (χ2n) is 11.9. The smallest absolute Gasteiger partial charge is 0.251 e. The Morgan fingerprint density at radius 1 is 1.09 bits per heavy atom. The van der Waals surface area contributed by atoms with Gasteiger partial charge < -0.3 is 26.0 Å². The summed E-state index contributed by atoms with van der Waals surface area (Å²) in [6.45, 7) is 9.03. The number of primary amides is 1. The summed E-state index contributed by atoms with van der Waals surface area (Å²) < 4.78 is 5.99. The molecule has 1 aromatic heterocycles. The van der Waals surface area contributed by atoms with Gasteiger partial charge in [0, 0.05) is 34.7 Å². The molecule has 0 unspecified atom stereocenters. The molecule has 0 radical (unpaired) electrons. The fourth-order valence-electron chi connectivity index (χ4n) is 5.96. The number of nitrogens with zero attached hydrogens (tertiary/aromatic N) is 2. The lowest BCUT2D eigenvalue weighted by atomic mass is 9.77. The lowest BCUT2D eigenvalue weighted by Crippen LogP contribution is -2.53. The normalized spacial score (nSPS) is 16.7. The Bertz CT molecular complexity index is 1430. The Hall–Kier alpha value is -4.06. The molecule has 11 heteroatoms. The van der Waals surface area contributed by atoms with Gasteiger partial charge in [-0.25, -0.2) is 5.48 Å². The number of hydroxylamine groups is 1. The third kappa shape index (κ3) is 9.23. The molecule has 0 bridgehead atoms. The van der Waals surface area contributed by atoms with Crippen LogP contribution >= 0.6 is 0 Å². The van der Waals surface area contributed by atoms with E-state index in [1.54, 1.807) is 29.7 Å². The second kappa shape index (κ2) is 16.3. The Morgan fingerprint density at radius 2 is 1.78 bits per heavy atom. The topological polar surface area (TPSA) is 159 Å². The van der Waals surface area contributed by atoms with Crippen molar-refractivity contribution in [3.63, 3.8) is 0 Å². The highest BCUT2D eigenvalue weighted by molar-refractivity contribution is 5.95. The minimum atomic E-state index is -0.816. The number of fused-ring (bicyclic) bond motifs is 1. The molecule has 3 heterocycles. The summed E-state index contributed by atoms with van der Waals surface area (Å²) in [7, 11) is 0. The van der Waals surface area contributed by atoms with Crippen LogP contribution < -0.4 is 26.6 Å². The molecule has 0 atom stereocenters. The van der Waals surface area contributed by atoms with Crippen LogP contribution in [-0.4, -0.2) is 72.1 Å². The average molecular weight is 619 g/mol. The molecule has 3 aromatic rings. The molecule has 2 aliphatic rings. The molecule has 0 saturated carbocycles. The van der Waals surface area contributed by atoms with Gasteiger partial charge >= 0.3 is 0 Å². The van der Waals surface area contributed by atoms with Gasteiger partial charge in [0.25, 0.3) is 11.8 Å². The molecule has 3 amide bonds. The number of rotatable bonds is 10. The van der Waals surface area contributed by atoms with Crippen molar-refractivity contribution >= 4 is 28.6 Å². The fourth-order valence-corrected chi connectivity index (χ4v) is 5.96. The number of hydrogen-bond donors (Lipinski definition) is 5. The lowest BCUT2D eigenvalue weighted by Gasteiger charge is -2.40. The highest BCUT2D eigenvalue weighted by Gasteiger charge is 2.41. The summed E-state index contributed by atoms with van der Waals surface area (Å²) >= 11 is 0. The van der Waals surface area contributed by atoms with Gasteiger partial charge in [-0.15, -0.1) is 0 Å². The van der Waals surface area contributed by atoms with E-state index in [0.29, 0.717) is 30.8 Å². The second-order valence-corrected chi connectivity index (χ2v) is 11.9. The zero-order valence-corrected chi connectivity index (χ0v) is 26.3. The van der Waals surface area contributed by atoms with E-state index in [-0.39, 0.29) is 24.3 Å². The Morgan fingerprint density at radius 3 is 2.40 bits per heavy atom. The largest absolute Gasteiger partial charge is 0.489 e. The maximum absolute atomic E-state index is 12.8. The van der Waals surface area contributed by atoms with Crippen molar-refractivity contribution in [2.75, 3.05) is 39.3 Å². The quantitative estimate of drug-likeness (QED) is 0.171. The van der Waals surface area contributed by atoms with Crippen molar-refractivity contribution in [3.05, 3.63) is 71.4 Å². The van der Waals surface area contributed by atoms with Crippen LogP contribution in [0.15, 0.2) is 54.6 Å². The number of carbonyl (C=O) groups is 3. The SMILES string of the molecule is CCCN1CCC(CNC(=O)c2ccc(OCc3cc(C)nc4ccccc34)cc2)(C(=O)NO)CC1.NC(=O)C1CCNCC1. The van der Waals surface area contributed by atoms with E-state index < -0.39 is 11.3 Å². The number of hydrogen-bond acceptors (Lipinski definition) is 8. The Kier molecular flexibility index (Phi) is 12.3. The number of aryl methyl sites for hydroxylation is 1. The molecule has 2 aromatic carbocycles. The van der Waals surface area contributed by atoms with E-state index in [9.17, 15) is 19.6 Å². The van der Waals surface area contributed by atoms with Crippen molar-refractivity contribution in [3.8, 4) is 5.75 Å². The molecular weight excluding hydrogens is 572 g/mol. The molecule has 2 fully saturated rings. The van der Waals surface area contributed by atoms with Gasteiger partial charge in [-0.1, -0.05) is 25.1 Å². The van der Waals surface area contributed by atoms with Gasteiger partial charge in [0.05, 0.1) is 10.9 Å². The van der Waals surface area contributed by atoms with Gasteiger partial charge in [-0.2, -0.15) is 0 Å². The van der Waals surface area contributed by atoms with Gasteiger partial charge in [-0.05, 0) is 108 Å². The fraction of sp³-hybridized carbons (Fsp3) is 0.471. The number of amides is 3. The predicted octanol–water partition coefficient (Wildman–Crippen LogP) is 3.32. The van der Waals surface area contributed by atoms with Crippen LogP contribution in [0.25, 0.3) is 10.9 Å². The van der Waals surface area contributed by atoms with Crippen LogP contribution in [0.3, 0.4) is 0 Å². The number of benzene rings is 2. The Labute approximate surface area is 264 Å². The summed E-state index contributed by atoms with van der Waals surface area (Å²) in [6, 6.07) is 17.0. The molecule has 11 nitrogen and oxygen atoms in total. The first kappa shape index (κ1) is 33.8. The van der Waals surface area contributed by atoms with E-state index in [1.165, 1.54) is 0 Å². The summed E-state index contributed by atoms with van der Waals surface area (Å²) in [5, 5.41) is 16.4. The molecule has 242 valence electrons. The summed E-state index contributed by atoms with van der Waals surface area (Å²) in [6.07, 6.45) is 4.03. The third-order valence-corrected chi connectivity index (χ3v) is 8.71. The number of para-hydroxylation sites is 1. The van der Waals surface area contributed by atoms with E-state index >= 15 is 0 Å². The number of carbonyl (C=O) groups excluding carboxylic acids is 3. The van der Waals surface area contributed by atoms with Crippen molar-refractivity contribution in [2.24, 2.45) is 17.1 Å². The summed E-state index contributed by atoms with van der Waals surface area (Å²) in [4.78, 5) is 42.7. The van der Waals surface area contributed by atoms with E-state index in [1.807, 2.05) is 37.3 Å². The van der Waals surface area contributed by atoms with Crippen LogP contribution in [0, 0.1) is 18.3 Å². The van der Waals surface area contributed by atoms with Gasteiger partial charge in [-0.3, -0.25) is 24.6 Å². The minimum Gasteiger partial charge on any atom is -0.489 e. The molecule has 2 saturated heterocycles. The number of nitrogens with two attached hydrogens (primary N) is 1. The number of aromatic nitrogens is 1. The zero-order valence-electron chi connectivity index (χ0n) is 26.3. The number of nitrogens with one attached hydrogen (secondary N) is 3. The maximum atomic E-state index is 12.8. The van der Waals surface area contributed by atoms with Crippen molar-refractivity contribution in [2.45, 2.75) is 52.6 Å². The van der Waals surface area contributed by atoms with Crippen LogP contribution in [0.2, 0.25) is 0 Å². The van der Waals surface area contributed by atoms with Crippen LogP contribution in [-0.2, 0) is 16.2 Å².